The summed E-state index contributed by atoms with van der Waals surface area (Å²) in [5.74, 6) is -0.312. The van der Waals surface area contributed by atoms with Crippen molar-refractivity contribution in [2.24, 2.45) is 0 Å². The Labute approximate surface area is 106 Å². The lowest BCUT2D eigenvalue weighted by atomic mass is 10.1. The Morgan fingerprint density at radius 2 is 2.29 bits per heavy atom. The van der Waals surface area contributed by atoms with Gasteiger partial charge in [0, 0.05) is 11.1 Å². The van der Waals surface area contributed by atoms with Gasteiger partial charge in [0.1, 0.15) is 5.82 Å². The van der Waals surface area contributed by atoms with Gasteiger partial charge in [0.15, 0.2) is 0 Å². The number of piperidine rings is 1. The first kappa shape index (κ1) is 12.8. The van der Waals surface area contributed by atoms with Gasteiger partial charge in [-0.3, -0.25) is 0 Å². The van der Waals surface area contributed by atoms with E-state index in [1.807, 2.05) is 0 Å². The molecule has 1 aliphatic heterocycles. The number of hydrogen-bond acceptors (Lipinski definition) is 2. The predicted octanol–water partition coefficient (Wildman–Crippen LogP) is 3.14. The molecular weight excluding hydrogens is 241 g/mol. The molecule has 17 heavy (non-hydrogen) atoms. The molecule has 1 heterocycles. The van der Waals surface area contributed by atoms with Crippen molar-refractivity contribution in [2.75, 3.05) is 13.2 Å². The summed E-state index contributed by atoms with van der Waals surface area (Å²) in [5, 5.41) is 3.84. The highest BCUT2D eigenvalue weighted by Crippen LogP contribution is 2.18. The van der Waals surface area contributed by atoms with E-state index in [1.165, 1.54) is 25.0 Å². The maximum Gasteiger partial charge on any atom is 0.124 e. The molecule has 2 rings (SSSR count). The third-order valence-electron chi connectivity index (χ3n) is 3.00. The minimum atomic E-state index is -0.312. The second-order valence-electron chi connectivity index (χ2n) is 4.40. The fourth-order valence-corrected chi connectivity index (χ4v) is 2.24. The van der Waals surface area contributed by atoms with E-state index in [-0.39, 0.29) is 5.82 Å². The highest BCUT2D eigenvalue weighted by atomic mass is 35.5. The number of hydrogen-bond donors (Lipinski definition) is 1. The predicted molar refractivity (Wildman–Crippen MR) is 66.7 cm³/mol. The molecule has 4 heteroatoms. The fraction of sp³-hybridized carbons (Fsp3) is 0.538. The van der Waals surface area contributed by atoms with Crippen LogP contribution in [-0.2, 0) is 11.3 Å². The summed E-state index contributed by atoms with van der Waals surface area (Å²) < 4.78 is 18.4. The Hall–Kier alpha value is -0.640. The van der Waals surface area contributed by atoms with Crippen LogP contribution >= 0.6 is 11.6 Å². The standard InChI is InChI=1S/C13H17ClFNO/c14-13-7-11(15)5-4-10(13)8-17-9-12-3-1-2-6-16-12/h4-5,7,12,16H,1-3,6,8-9H2. The van der Waals surface area contributed by atoms with Crippen molar-refractivity contribution in [3.8, 4) is 0 Å². The van der Waals surface area contributed by atoms with Gasteiger partial charge in [-0.15, -0.1) is 0 Å². The highest BCUT2D eigenvalue weighted by molar-refractivity contribution is 6.31. The van der Waals surface area contributed by atoms with E-state index in [9.17, 15) is 4.39 Å². The first-order chi connectivity index (χ1) is 8.25. The smallest absolute Gasteiger partial charge is 0.124 e. The van der Waals surface area contributed by atoms with Gasteiger partial charge in [0.05, 0.1) is 13.2 Å². The van der Waals surface area contributed by atoms with E-state index in [0.29, 0.717) is 24.3 Å². The van der Waals surface area contributed by atoms with Crippen molar-refractivity contribution < 1.29 is 9.13 Å². The molecule has 1 fully saturated rings. The van der Waals surface area contributed by atoms with Crippen LogP contribution in [0.1, 0.15) is 24.8 Å². The molecule has 1 aromatic rings. The van der Waals surface area contributed by atoms with E-state index in [2.05, 4.69) is 5.32 Å². The lowest BCUT2D eigenvalue weighted by Gasteiger charge is -2.23. The summed E-state index contributed by atoms with van der Waals surface area (Å²) in [4.78, 5) is 0. The lowest BCUT2D eigenvalue weighted by Crippen LogP contribution is -2.37. The average Bonchev–Trinajstić information content (AvgIpc) is 2.33. The summed E-state index contributed by atoms with van der Waals surface area (Å²) in [5.41, 5.74) is 0.837. The van der Waals surface area contributed by atoms with Crippen LogP contribution in [0.4, 0.5) is 4.39 Å². The van der Waals surface area contributed by atoms with Gasteiger partial charge in [-0.05, 0) is 37.1 Å². The highest BCUT2D eigenvalue weighted by Gasteiger charge is 2.12. The van der Waals surface area contributed by atoms with E-state index < -0.39 is 0 Å². The molecule has 0 aliphatic carbocycles. The third-order valence-corrected chi connectivity index (χ3v) is 3.36. The second kappa shape index (κ2) is 6.34. The molecule has 0 aromatic heterocycles. The summed E-state index contributed by atoms with van der Waals surface area (Å²) in [6.45, 7) is 2.20. The second-order valence-corrected chi connectivity index (χ2v) is 4.80. The van der Waals surface area contributed by atoms with Gasteiger partial charge >= 0.3 is 0 Å². The molecule has 0 radical (unpaired) electrons. The molecule has 1 aliphatic rings. The first-order valence-corrected chi connectivity index (χ1v) is 6.38. The van der Waals surface area contributed by atoms with Crippen molar-refractivity contribution >= 4 is 11.6 Å². The minimum Gasteiger partial charge on any atom is -0.375 e. The minimum absolute atomic E-state index is 0.312. The molecular formula is C13H17ClFNO. The van der Waals surface area contributed by atoms with Crippen LogP contribution in [0.3, 0.4) is 0 Å². The molecule has 0 spiro atoms. The van der Waals surface area contributed by atoms with Crippen LogP contribution in [0.2, 0.25) is 5.02 Å². The molecule has 1 saturated heterocycles. The van der Waals surface area contributed by atoms with Gasteiger partial charge in [-0.2, -0.15) is 0 Å². The third kappa shape index (κ3) is 3.95. The lowest BCUT2D eigenvalue weighted by molar-refractivity contribution is 0.0911. The largest absolute Gasteiger partial charge is 0.375 e. The van der Waals surface area contributed by atoms with Crippen LogP contribution in [0.5, 0.6) is 0 Å². The molecule has 0 amide bonds. The molecule has 0 bridgehead atoms. The summed E-state index contributed by atoms with van der Waals surface area (Å²) >= 11 is 5.92. The Balaban J connectivity index is 1.77. The number of ether oxygens (including phenoxy) is 1. The maximum absolute atomic E-state index is 12.8. The van der Waals surface area contributed by atoms with Gasteiger partial charge in [0.2, 0.25) is 0 Å². The van der Waals surface area contributed by atoms with Gasteiger partial charge in [-0.25, -0.2) is 4.39 Å². The number of nitrogens with one attached hydrogen (secondary N) is 1. The van der Waals surface area contributed by atoms with E-state index in [4.69, 9.17) is 16.3 Å². The van der Waals surface area contributed by atoms with Crippen molar-refractivity contribution in [3.63, 3.8) is 0 Å². The molecule has 1 aromatic carbocycles. The Morgan fingerprint density at radius 1 is 1.41 bits per heavy atom. The molecule has 1 atom stereocenters. The Bertz CT molecular complexity index is 366. The molecule has 1 N–H and O–H groups in total. The Kier molecular flexibility index (Phi) is 4.77. The SMILES string of the molecule is Fc1ccc(COCC2CCCCN2)c(Cl)c1. The maximum atomic E-state index is 12.8. The van der Waals surface area contributed by atoms with Gasteiger partial charge in [0.25, 0.3) is 0 Å². The van der Waals surface area contributed by atoms with Crippen LogP contribution in [0, 0.1) is 5.82 Å². The monoisotopic (exact) mass is 257 g/mol. The number of benzene rings is 1. The van der Waals surface area contributed by atoms with Crippen LogP contribution in [0.15, 0.2) is 18.2 Å². The number of halogens is 2. The Morgan fingerprint density at radius 3 is 3.00 bits per heavy atom. The van der Waals surface area contributed by atoms with Crippen molar-refractivity contribution in [1.29, 1.82) is 0 Å². The van der Waals surface area contributed by atoms with Crippen molar-refractivity contribution in [2.45, 2.75) is 31.9 Å². The van der Waals surface area contributed by atoms with E-state index >= 15 is 0 Å². The normalized spacial score (nSPS) is 20.5. The number of rotatable bonds is 4. The molecule has 2 nitrogen and oxygen atoms in total. The van der Waals surface area contributed by atoms with Gasteiger partial charge < -0.3 is 10.1 Å². The summed E-state index contributed by atoms with van der Waals surface area (Å²) in [6.07, 6.45) is 3.68. The molecule has 0 saturated carbocycles. The van der Waals surface area contributed by atoms with Crippen LogP contribution in [0.25, 0.3) is 0 Å². The summed E-state index contributed by atoms with van der Waals surface area (Å²) in [6, 6.07) is 4.84. The van der Waals surface area contributed by atoms with Crippen molar-refractivity contribution in [3.05, 3.63) is 34.6 Å². The van der Waals surface area contributed by atoms with Crippen LogP contribution < -0.4 is 5.32 Å². The van der Waals surface area contributed by atoms with Gasteiger partial charge in [-0.1, -0.05) is 24.1 Å². The topological polar surface area (TPSA) is 21.3 Å². The fourth-order valence-electron chi connectivity index (χ4n) is 2.02. The first-order valence-electron chi connectivity index (χ1n) is 6.01. The van der Waals surface area contributed by atoms with E-state index in [1.54, 1.807) is 6.07 Å². The summed E-state index contributed by atoms with van der Waals surface area (Å²) in [7, 11) is 0. The zero-order chi connectivity index (χ0) is 12.1. The van der Waals surface area contributed by atoms with Crippen molar-refractivity contribution in [1.82, 2.24) is 5.32 Å². The molecule has 94 valence electrons. The molecule has 1 unspecified atom stereocenters. The average molecular weight is 258 g/mol. The van der Waals surface area contributed by atoms with Crippen LogP contribution in [-0.4, -0.2) is 19.2 Å². The zero-order valence-corrected chi connectivity index (χ0v) is 10.5. The zero-order valence-electron chi connectivity index (χ0n) is 9.72. The van der Waals surface area contributed by atoms with E-state index in [0.717, 1.165) is 18.5 Å². The quantitative estimate of drug-likeness (QED) is 0.895.